The number of nitrogens with two attached hydrogens (primary N) is 1. The summed E-state index contributed by atoms with van der Waals surface area (Å²) in [5, 5.41) is 0. The highest BCUT2D eigenvalue weighted by molar-refractivity contribution is 6.00. The van der Waals surface area contributed by atoms with Crippen molar-refractivity contribution in [3.8, 4) is 0 Å². The highest BCUT2D eigenvalue weighted by Crippen LogP contribution is 2.43. The van der Waals surface area contributed by atoms with Crippen molar-refractivity contribution in [1.29, 1.82) is 0 Å². The van der Waals surface area contributed by atoms with E-state index < -0.39 is 5.72 Å². The molecule has 22 heavy (non-hydrogen) atoms. The van der Waals surface area contributed by atoms with Crippen LogP contribution in [0.1, 0.15) is 35.4 Å². The largest absolute Gasteiger partial charge is 0.444 e. The molecule has 0 radical (unpaired) electrons. The Morgan fingerprint density at radius 3 is 2.64 bits per heavy atom. The van der Waals surface area contributed by atoms with Crippen LogP contribution in [-0.4, -0.2) is 12.2 Å². The number of fused-ring (bicyclic) bond motifs is 1. The van der Waals surface area contributed by atoms with E-state index in [0.717, 1.165) is 5.56 Å². The lowest BCUT2D eigenvalue weighted by atomic mass is 9.99. The Labute approximate surface area is 128 Å². The number of para-hydroxylation sites is 1. The molecule has 1 saturated carbocycles. The number of carbonyl (C=O) groups excluding carboxylic acids is 1. The fourth-order valence-corrected chi connectivity index (χ4v) is 2.89. The summed E-state index contributed by atoms with van der Waals surface area (Å²) < 4.78 is 5.81. The molecule has 0 amide bonds. The summed E-state index contributed by atoms with van der Waals surface area (Å²) in [6, 6.07) is 15.4. The van der Waals surface area contributed by atoms with E-state index in [4.69, 9.17) is 10.5 Å². The van der Waals surface area contributed by atoms with Gasteiger partial charge in [-0.15, -0.1) is 0 Å². The second-order valence-electron chi connectivity index (χ2n) is 5.81. The Balaban J connectivity index is 1.87. The minimum absolute atomic E-state index is 0.427. The van der Waals surface area contributed by atoms with E-state index in [1.54, 1.807) is 6.07 Å². The fraction of sp³-hybridized carbons (Fsp3) is 0.222. The van der Waals surface area contributed by atoms with Gasteiger partial charge < -0.3 is 4.74 Å². The van der Waals surface area contributed by atoms with Gasteiger partial charge in [-0.2, -0.15) is 0 Å². The molecule has 4 rings (SSSR count). The minimum atomic E-state index is -1.48. The molecule has 1 aliphatic carbocycles. The molecule has 0 spiro atoms. The normalized spacial score (nSPS) is 23.2. The summed E-state index contributed by atoms with van der Waals surface area (Å²) in [7, 11) is 0. The van der Waals surface area contributed by atoms with Crippen LogP contribution in [0.15, 0.2) is 53.5 Å². The van der Waals surface area contributed by atoms with E-state index in [9.17, 15) is 4.79 Å². The lowest BCUT2D eigenvalue weighted by molar-refractivity contribution is -0.123. The molecule has 110 valence electrons. The van der Waals surface area contributed by atoms with Crippen molar-refractivity contribution < 1.29 is 9.53 Å². The van der Waals surface area contributed by atoms with Gasteiger partial charge in [-0.05, 0) is 36.5 Å². The molecule has 1 fully saturated rings. The standard InChI is InChI=1S/C18H16N2O2/c19-18(11-21)15-7-3-4-8-16(15)20-17(22-18)14-6-2-1-5-13(14)12-9-10-12/h1-8,11-12H,9-10,19H2. The number of carbonyl (C=O) groups is 1. The van der Waals surface area contributed by atoms with Crippen molar-refractivity contribution in [2.24, 2.45) is 10.7 Å². The maximum Gasteiger partial charge on any atom is 0.244 e. The Morgan fingerprint density at radius 2 is 1.86 bits per heavy atom. The van der Waals surface area contributed by atoms with Crippen LogP contribution in [0.5, 0.6) is 0 Å². The quantitative estimate of drug-likeness (QED) is 0.884. The zero-order chi connectivity index (χ0) is 15.2. The molecular weight excluding hydrogens is 276 g/mol. The zero-order valence-corrected chi connectivity index (χ0v) is 12.0. The summed E-state index contributed by atoms with van der Waals surface area (Å²) in [5.41, 5.74) is 8.11. The number of hydrogen-bond donors (Lipinski definition) is 1. The lowest BCUT2D eigenvalue weighted by Crippen LogP contribution is -2.45. The van der Waals surface area contributed by atoms with E-state index >= 15 is 0 Å². The summed E-state index contributed by atoms with van der Waals surface area (Å²) >= 11 is 0. The van der Waals surface area contributed by atoms with Crippen molar-refractivity contribution in [2.75, 3.05) is 0 Å². The molecule has 0 aromatic heterocycles. The highest BCUT2D eigenvalue weighted by Gasteiger charge is 2.38. The van der Waals surface area contributed by atoms with Gasteiger partial charge in [0.05, 0.1) is 5.69 Å². The number of benzene rings is 2. The van der Waals surface area contributed by atoms with E-state index in [2.05, 4.69) is 11.1 Å². The van der Waals surface area contributed by atoms with E-state index in [1.807, 2.05) is 36.4 Å². The molecule has 2 N–H and O–H groups in total. The van der Waals surface area contributed by atoms with Gasteiger partial charge in [-0.3, -0.25) is 10.5 Å². The molecule has 0 saturated heterocycles. The van der Waals surface area contributed by atoms with Crippen molar-refractivity contribution in [3.05, 3.63) is 65.2 Å². The first-order valence-corrected chi connectivity index (χ1v) is 7.43. The topological polar surface area (TPSA) is 64.7 Å². The molecule has 0 bridgehead atoms. The van der Waals surface area contributed by atoms with Crippen LogP contribution in [0.4, 0.5) is 5.69 Å². The van der Waals surface area contributed by atoms with Gasteiger partial charge in [0.1, 0.15) is 0 Å². The van der Waals surface area contributed by atoms with Gasteiger partial charge in [-0.25, -0.2) is 4.99 Å². The number of nitrogens with zero attached hydrogens (tertiary/aromatic N) is 1. The SMILES string of the molecule is NC1(C=O)OC(c2ccccc2C2CC2)=Nc2ccccc21. The molecule has 2 aliphatic rings. The van der Waals surface area contributed by atoms with Gasteiger partial charge >= 0.3 is 0 Å². The molecule has 1 unspecified atom stereocenters. The van der Waals surface area contributed by atoms with E-state index in [1.165, 1.54) is 18.4 Å². The monoisotopic (exact) mass is 292 g/mol. The van der Waals surface area contributed by atoms with Crippen LogP contribution < -0.4 is 5.73 Å². The fourth-order valence-electron chi connectivity index (χ4n) is 2.89. The third-order valence-electron chi connectivity index (χ3n) is 4.20. The maximum absolute atomic E-state index is 11.5. The number of hydrogen-bond acceptors (Lipinski definition) is 4. The third kappa shape index (κ3) is 2.04. The van der Waals surface area contributed by atoms with Gasteiger partial charge in [0.15, 0.2) is 6.29 Å². The second-order valence-corrected chi connectivity index (χ2v) is 5.81. The average molecular weight is 292 g/mol. The molecule has 4 nitrogen and oxygen atoms in total. The van der Waals surface area contributed by atoms with Crippen LogP contribution >= 0.6 is 0 Å². The summed E-state index contributed by atoms with van der Waals surface area (Å²) in [6.07, 6.45) is 3.00. The number of aliphatic imine (C=N–C) groups is 1. The third-order valence-corrected chi connectivity index (χ3v) is 4.20. The number of ether oxygens (including phenoxy) is 1. The minimum Gasteiger partial charge on any atom is -0.444 e. The predicted octanol–water partition coefficient (Wildman–Crippen LogP) is 2.98. The second kappa shape index (κ2) is 4.78. The van der Waals surface area contributed by atoms with Crippen molar-refractivity contribution in [3.63, 3.8) is 0 Å². The first-order valence-electron chi connectivity index (χ1n) is 7.43. The van der Waals surface area contributed by atoms with Crippen LogP contribution in [0.3, 0.4) is 0 Å². The lowest BCUT2D eigenvalue weighted by Gasteiger charge is -2.31. The Kier molecular flexibility index (Phi) is 2.87. The summed E-state index contributed by atoms with van der Waals surface area (Å²) in [6.45, 7) is 0. The summed E-state index contributed by atoms with van der Waals surface area (Å²) in [5.74, 6) is 0.985. The molecule has 4 heteroatoms. The van der Waals surface area contributed by atoms with Crippen LogP contribution in [0, 0.1) is 0 Å². The Bertz CT molecular complexity index is 780. The first-order chi connectivity index (χ1) is 10.7. The first kappa shape index (κ1) is 13.2. The molecule has 2 aromatic carbocycles. The molecular formula is C18H16N2O2. The van der Waals surface area contributed by atoms with Crippen molar-refractivity contribution >= 4 is 17.9 Å². The maximum atomic E-state index is 11.5. The van der Waals surface area contributed by atoms with Crippen LogP contribution in [0.25, 0.3) is 0 Å². The number of rotatable bonds is 3. The average Bonchev–Trinajstić information content (AvgIpc) is 3.40. The van der Waals surface area contributed by atoms with Gasteiger partial charge in [0.25, 0.3) is 0 Å². The van der Waals surface area contributed by atoms with Gasteiger partial charge in [0, 0.05) is 11.1 Å². The van der Waals surface area contributed by atoms with Crippen molar-refractivity contribution in [2.45, 2.75) is 24.5 Å². The van der Waals surface area contributed by atoms with Gasteiger partial charge in [0.2, 0.25) is 11.6 Å². The Morgan fingerprint density at radius 1 is 1.14 bits per heavy atom. The molecule has 2 aromatic rings. The molecule has 1 aliphatic heterocycles. The number of aldehydes is 1. The van der Waals surface area contributed by atoms with Crippen LogP contribution in [0.2, 0.25) is 0 Å². The zero-order valence-electron chi connectivity index (χ0n) is 12.0. The molecule has 1 heterocycles. The molecule has 1 atom stereocenters. The van der Waals surface area contributed by atoms with Crippen molar-refractivity contribution in [1.82, 2.24) is 0 Å². The van der Waals surface area contributed by atoms with E-state index in [0.29, 0.717) is 29.4 Å². The predicted molar refractivity (Wildman–Crippen MR) is 84.1 cm³/mol. The highest BCUT2D eigenvalue weighted by atomic mass is 16.5. The van der Waals surface area contributed by atoms with Crippen LogP contribution in [-0.2, 0) is 15.3 Å². The smallest absolute Gasteiger partial charge is 0.244 e. The van der Waals surface area contributed by atoms with E-state index in [-0.39, 0.29) is 0 Å². The summed E-state index contributed by atoms with van der Waals surface area (Å²) in [4.78, 5) is 16.1. The Hall–Kier alpha value is -2.46. The van der Waals surface area contributed by atoms with Gasteiger partial charge in [-0.1, -0.05) is 36.4 Å².